The van der Waals surface area contributed by atoms with Crippen molar-refractivity contribution in [2.24, 2.45) is 5.73 Å². The van der Waals surface area contributed by atoms with Crippen molar-refractivity contribution in [2.75, 3.05) is 7.05 Å². The van der Waals surface area contributed by atoms with Gasteiger partial charge in [0, 0.05) is 0 Å². The number of likely N-dealkylation sites (N-methyl/N-ethyl adjacent to an activating group) is 1. The molecule has 0 aliphatic rings. The Bertz CT molecular complexity index is 78.5. The third-order valence-electron chi connectivity index (χ3n) is 1.10. The number of amides is 1. The van der Waals surface area contributed by atoms with Crippen LogP contribution in [-0.2, 0) is 4.79 Å². The Hall–Kier alpha value is -0.570. The van der Waals surface area contributed by atoms with Gasteiger partial charge in [-0.25, -0.2) is 0 Å². The second kappa shape index (κ2) is 3.43. The summed E-state index contributed by atoms with van der Waals surface area (Å²) in [6.45, 7) is 1.91. The molecule has 0 fully saturated rings. The molecule has 0 radical (unpaired) electrons. The molecular weight excluding hydrogens is 104 g/mol. The van der Waals surface area contributed by atoms with Crippen LogP contribution < -0.4 is 11.1 Å². The van der Waals surface area contributed by atoms with Crippen LogP contribution in [-0.4, -0.2) is 19.0 Å². The minimum atomic E-state index is -0.282. The first kappa shape index (κ1) is 7.43. The highest BCUT2D eigenvalue weighted by atomic mass is 16.1. The van der Waals surface area contributed by atoms with Gasteiger partial charge in [-0.15, -0.1) is 0 Å². The molecule has 0 spiro atoms. The molecule has 0 unspecified atom stereocenters. The van der Waals surface area contributed by atoms with Gasteiger partial charge < -0.3 is 11.1 Å². The monoisotopic (exact) mass is 116 g/mol. The Morgan fingerprint density at radius 3 is 2.38 bits per heavy atom. The predicted octanol–water partition coefficient (Wildman–Crippen LogP) is -0.530. The summed E-state index contributed by atoms with van der Waals surface area (Å²) in [6, 6.07) is -0.157. The first-order valence-electron chi connectivity index (χ1n) is 2.69. The van der Waals surface area contributed by atoms with E-state index in [0.29, 0.717) is 0 Å². The molecule has 0 heterocycles. The van der Waals surface area contributed by atoms with Crippen LogP contribution in [0.2, 0.25) is 0 Å². The van der Waals surface area contributed by atoms with Gasteiger partial charge in [0.1, 0.15) is 0 Å². The molecule has 0 aromatic rings. The molecule has 3 nitrogen and oxygen atoms in total. The average molecular weight is 116 g/mol. The van der Waals surface area contributed by atoms with Gasteiger partial charge in [-0.3, -0.25) is 4.79 Å². The number of hydrogen-bond acceptors (Lipinski definition) is 2. The first-order chi connectivity index (χ1) is 3.72. The number of primary amides is 1. The van der Waals surface area contributed by atoms with E-state index in [1.807, 2.05) is 6.92 Å². The second-order valence-corrected chi connectivity index (χ2v) is 1.65. The number of nitrogens with two attached hydrogens (primary N) is 1. The smallest absolute Gasteiger partial charge is 0.234 e. The van der Waals surface area contributed by atoms with Crippen molar-refractivity contribution in [2.45, 2.75) is 19.4 Å². The van der Waals surface area contributed by atoms with Gasteiger partial charge in [-0.2, -0.15) is 0 Å². The lowest BCUT2D eigenvalue weighted by Gasteiger charge is -2.06. The summed E-state index contributed by atoms with van der Waals surface area (Å²) in [4.78, 5) is 10.3. The average Bonchev–Trinajstić information content (AvgIpc) is 1.69. The number of nitrogens with one attached hydrogen (secondary N) is 1. The molecule has 8 heavy (non-hydrogen) atoms. The van der Waals surface area contributed by atoms with E-state index in [4.69, 9.17) is 5.73 Å². The topological polar surface area (TPSA) is 55.1 Å². The second-order valence-electron chi connectivity index (χ2n) is 1.65. The fraction of sp³-hybridized carbons (Fsp3) is 0.800. The summed E-state index contributed by atoms with van der Waals surface area (Å²) >= 11 is 0. The number of carbonyl (C=O) groups is 1. The zero-order valence-corrected chi connectivity index (χ0v) is 5.27. The lowest BCUT2D eigenvalue weighted by Crippen LogP contribution is -2.38. The largest absolute Gasteiger partial charge is 0.368 e. The Kier molecular flexibility index (Phi) is 3.19. The van der Waals surface area contributed by atoms with Crippen molar-refractivity contribution in [3.8, 4) is 0 Å². The first-order valence-corrected chi connectivity index (χ1v) is 2.69. The Labute approximate surface area is 49.3 Å². The van der Waals surface area contributed by atoms with E-state index < -0.39 is 0 Å². The maximum atomic E-state index is 10.3. The summed E-state index contributed by atoms with van der Waals surface area (Å²) in [5.41, 5.74) is 4.96. The lowest BCUT2D eigenvalue weighted by molar-refractivity contribution is -0.119. The molecule has 3 heteroatoms. The Morgan fingerprint density at radius 1 is 1.88 bits per heavy atom. The van der Waals surface area contributed by atoms with Gasteiger partial charge >= 0.3 is 0 Å². The molecule has 0 saturated carbocycles. The van der Waals surface area contributed by atoms with Gasteiger partial charge in [-0.05, 0) is 13.5 Å². The van der Waals surface area contributed by atoms with Gasteiger partial charge in [0.2, 0.25) is 5.91 Å². The van der Waals surface area contributed by atoms with Crippen LogP contribution in [0, 0.1) is 0 Å². The van der Waals surface area contributed by atoms with Crippen LogP contribution in [0.1, 0.15) is 13.3 Å². The Morgan fingerprint density at radius 2 is 2.38 bits per heavy atom. The van der Waals surface area contributed by atoms with E-state index >= 15 is 0 Å². The van der Waals surface area contributed by atoms with E-state index in [1.54, 1.807) is 7.05 Å². The van der Waals surface area contributed by atoms with Crippen LogP contribution >= 0.6 is 0 Å². The van der Waals surface area contributed by atoms with Crippen LogP contribution in [0.3, 0.4) is 0 Å². The fourth-order valence-electron chi connectivity index (χ4n) is 0.548. The third-order valence-corrected chi connectivity index (χ3v) is 1.10. The molecule has 0 aliphatic heterocycles. The minimum absolute atomic E-state index is 0.157. The molecule has 0 aromatic heterocycles. The summed E-state index contributed by atoms with van der Waals surface area (Å²) in [5, 5.41) is 2.78. The normalized spacial score (nSPS) is 13.2. The zero-order valence-electron chi connectivity index (χ0n) is 5.27. The highest BCUT2D eigenvalue weighted by Crippen LogP contribution is 1.84. The summed E-state index contributed by atoms with van der Waals surface area (Å²) in [5.74, 6) is -0.282. The molecule has 0 aromatic carbocycles. The maximum Gasteiger partial charge on any atom is 0.234 e. The van der Waals surface area contributed by atoms with Crippen molar-refractivity contribution >= 4 is 5.91 Å². The van der Waals surface area contributed by atoms with Crippen molar-refractivity contribution in [3.63, 3.8) is 0 Å². The van der Waals surface area contributed by atoms with Crippen molar-refractivity contribution in [1.82, 2.24) is 5.32 Å². The minimum Gasteiger partial charge on any atom is -0.368 e. The van der Waals surface area contributed by atoms with Crippen molar-refractivity contribution in [1.29, 1.82) is 0 Å². The molecular formula is C5H12N2O. The molecule has 3 N–H and O–H groups in total. The highest BCUT2D eigenvalue weighted by Gasteiger charge is 2.07. The van der Waals surface area contributed by atoms with Crippen LogP contribution in [0.4, 0.5) is 0 Å². The van der Waals surface area contributed by atoms with Gasteiger partial charge in [0.05, 0.1) is 6.04 Å². The predicted molar refractivity (Wildman–Crippen MR) is 32.3 cm³/mol. The van der Waals surface area contributed by atoms with E-state index in [2.05, 4.69) is 5.32 Å². The summed E-state index contributed by atoms with van der Waals surface area (Å²) < 4.78 is 0. The van der Waals surface area contributed by atoms with Gasteiger partial charge in [0.25, 0.3) is 0 Å². The summed E-state index contributed by atoms with van der Waals surface area (Å²) in [7, 11) is 1.72. The SMILES string of the molecule is CC[C@H](NC)C(N)=O. The highest BCUT2D eigenvalue weighted by molar-refractivity contribution is 5.79. The quantitative estimate of drug-likeness (QED) is 0.520. The van der Waals surface area contributed by atoms with Crippen molar-refractivity contribution in [3.05, 3.63) is 0 Å². The van der Waals surface area contributed by atoms with E-state index in [-0.39, 0.29) is 11.9 Å². The fourth-order valence-corrected chi connectivity index (χ4v) is 0.548. The summed E-state index contributed by atoms with van der Waals surface area (Å²) in [6.07, 6.45) is 0.756. The van der Waals surface area contributed by atoms with Crippen LogP contribution in [0.5, 0.6) is 0 Å². The van der Waals surface area contributed by atoms with Gasteiger partial charge in [0.15, 0.2) is 0 Å². The molecule has 0 bridgehead atoms. The molecule has 0 aliphatic carbocycles. The standard InChI is InChI=1S/C5H12N2O/c1-3-4(7-2)5(6)8/h4,7H,3H2,1-2H3,(H2,6,8)/t4-/m0/s1. The van der Waals surface area contributed by atoms with E-state index in [9.17, 15) is 4.79 Å². The number of carbonyl (C=O) groups excluding carboxylic acids is 1. The molecule has 1 atom stereocenters. The van der Waals surface area contributed by atoms with E-state index in [1.165, 1.54) is 0 Å². The van der Waals surface area contributed by atoms with Crippen LogP contribution in [0.25, 0.3) is 0 Å². The molecule has 1 amide bonds. The Balaban J connectivity index is 3.52. The molecule has 48 valence electrons. The number of rotatable bonds is 3. The third kappa shape index (κ3) is 1.93. The van der Waals surface area contributed by atoms with Crippen LogP contribution in [0.15, 0.2) is 0 Å². The van der Waals surface area contributed by atoms with Gasteiger partial charge in [-0.1, -0.05) is 6.92 Å². The molecule has 0 saturated heterocycles. The lowest BCUT2D eigenvalue weighted by atomic mass is 10.2. The van der Waals surface area contributed by atoms with E-state index in [0.717, 1.165) is 6.42 Å². The maximum absolute atomic E-state index is 10.3. The van der Waals surface area contributed by atoms with Crippen molar-refractivity contribution < 1.29 is 4.79 Å². The zero-order chi connectivity index (χ0) is 6.57. The molecule has 0 rings (SSSR count). The number of hydrogen-bond donors (Lipinski definition) is 2.